The summed E-state index contributed by atoms with van der Waals surface area (Å²) in [6.07, 6.45) is 3.71. The molecule has 3 N–H and O–H groups in total. The molecule has 2 aliphatic carbocycles. The maximum atomic E-state index is 15.0. The van der Waals surface area contributed by atoms with E-state index in [1.165, 1.54) is 11.0 Å². The summed E-state index contributed by atoms with van der Waals surface area (Å²) < 4.78 is 46.9. The van der Waals surface area contributed by atoms with Crippen molar-refractivity contribution in [1.29, 1.82) is 0 Å². The van der Waals surface area contributed by atoms with Crippen molar-refractivity contribution in [2.75, 3.05) is 26.9 Å². The molecule has 0 bridgehead atoms. The number of likely N-dealkylation sites (tertiary alicyclic amines) is 1. The second-order valence-corrected chi connectivity index (χ2v) is 21.2. The quantitative estimate of drug-likeness (QED) is 0.115. The first-order valence-corrected chi connectivity index (χ1v) is 24.0. The van der Waals surface area contributed by atoms with Gasteiger partial charge in [-0.15, -0.1) is 6.58 Å². The number of sulfonamides is 1. The van der Waals surface area contributed by atoms with Crippen LogP contribution in [0.1, 0.15) is 71.3 Å². The van der Waals surface area contributed by atoms with Crippen LogP contribution in [0.15, 0.2) is 97.6 Å². The highest BCUT2D eigenvalue weighted by Gasteiger charge is 2.63. The van der Waals surface area contributed by atoms with Gasteiger partial charge in [0.25, 0.3) is 5.91 Å². The number of carbonyl (C=O) groups is 4. The van der Waals surface area contributed by atoms with Crippen molar-refractivity contribution in [2.45, 2.75) is 101 Å². The number of hydrogen-bond acceptors (Lipinski definition) is 10. The molecule has 2 saturated heterocycles. The number of fused-ring (bicyclic) bond motifs is 1. The van der Waals surface area contributed by atoms with Crippen LogP contribution in [0.3, 0.4) is 0 Å². The van der Waals surface area contributed by atoms with Gasteiger partial charge in [-0.25, -0.2) is 13.4 Å². The highest BCUT2D eigenvalue weighted by Crippen LogP contribution is 2.49. The van der Waals surface area contributed by atoms with Crippen molar-refractivity contribution in [3.05, 3.63) is 103 Å². The van der Waals surface area contributed by atoms with Crippen LogP contribution < -0.4 is 24.8 Å². The number of ether oxygens (including phenoxy) is 3. The van der Waals surface area contributed by atoms with E-state index in [0.29, 0.717) is 54.2 Å². The molecule has 14 nitrogen and oxygen atoms in total. The van der Waals surface area contributed by atoms with Crippen LogP contribution >= 0.6 is 0 Å². The predicted molar refractivity (Wildman–Crippen MR) is 246 cm³/mol. The topological polar surface area (TPSA) is 182 Å². The van der Waals surface area contributed by atoms with Crippen molar-refractivity contribution >= 4 is 44.6 Å². The summed E-state index contributed by atoms with van der Waals surface area (Å²) in [4.78, 5) is 64.0. The molecule has 2 saturated carbocycles. The Kier molecular flexibility index (Phi) is 12.8. The zero-order chi connectivity index (χ0) is 46.1. The average Bonchev–Trinajstić information content (AvgIpc) is 4.20. The van der Waals surface area contributed by atoms with E-state index in [2.05, 4.69) is 21.9 Å². The van der Waals surface area contributed by atoms with E-state index in [9.17, 15) is 22.8 Å². The second-order valence-electron chi connectivity index (χ2n) is 19.2. The Morgan fingerprint density at radius 1 is 0.985 bits per heavy atom. The summed E-state index contributed by atoms with van der Waals surface area (Å²) in [7, 11) is -2.59. The molecule has 0 radical (unpaired) electrons. The first kappa shape index (κ1) is 45.8. The van der Waals surface area contributed by atoms with Gasteiger partial charge in [-0.2, -0.15) is 0 Å². The van der Waals surface area contributed by atoms with Crippen LogP contribution in [-0.2, 0) is 40.4 Å². The number of benzene rings is 3. The first-order chi connectivity index (χ1) is 31.0. The first-order valence-electron chi connectivity index (χ1n) is 22.5. The van der Waals surface area contributed by atoms with E-state index < -0.39 is 67.6 Å². The Hall–Kier alpha value is -5.80. The number of aromatic nitrogens is 1. The minimum Gasteiger partial charge on any atom is -0.497 e. The third kappa shape index (κ3) is 9.77. The Morgan fingerprint density at radius 3 is 2.31 bits per heavy atom. The summed E-state index contributed by atoms with van der Waals surface area (Å²) in [6.45, 7) is 10.6. The van der Waals surface area contributed by atoms with E-state index in [-0.39, 0.29) is 44.1 Å². The highest BCUT2D eigenvalue weighted by molar-refractivity contribution is 7.91. The summed E-state index contributed by atoms with van der Waals surface area (Å²) >= 11 is 0. The van der Waals surface area contributed by atoms with Gasteiger partial charge in [-0.05, 0) is 67.6 Å². The van der Waals surface area contributed by atoms with E-state index in [4.69, 9.17) is 19.2 Å². The van der Waals surface area contributed by atoms with Crippen molar-refractivity contribution in [2.24, 2.45) is 17.3 Å². The van der Waals surface area contributed by atoms with E-state index in [0.717, 1.165) is 24.0 Å². The highest BCUT2D eigenvalue weighted by atomic mass is 32.2. The molecule has 0 spiro atoms. The molecule has 4 amide bonds. The van der Waals surface area contributed by atoms with Gasteiger partial charge in [0.1, 0.15) is 35.2 Å². The standard InChI is InChI=1S/C50H59N5O9S/c1-6-35-30-50(35,47(59)54-65(60,61)49(21-22-49)29-33-13-9-7-10-14-33)53-45(57)41-27-37(31-55(41)46(58)44(48(2,3)4)52-43(56)25-32-19-23-63-24-20-32)64-42-28-39(34-15-11-8-12-16-34)51-40-26-36(62-5)17-18-38(40)42/h6-18,26,28,32,35,37,41,44H,1,19-25,27,29-31H2,2-5H3,(H,52,56)(H,53,57)(H,54,59). The van der Waals surface area contributed by atoms with Gasteiger partial charge in [0.05, 0.1) is 29.6 Å². The summed E-state index contributed by atoms with van der Waals surface area (Å²) in [5, 5.41) is 6.61. The van der Waals surface area contributed by atoms with Gasteiger partial charge in [-0.3, -0.25) is 23.9 Å². The number of rotatable bonds is 16. The van der Waals surface area contributed by atoms with Crippen LogP contribution in [-0.4, -0.2) is 97.3 Å². The van der Waals surface area contributed by atoms with Gasteiger partial charge >= 0.3 is 0 Å². The number of methoxy groups -OCH3 is 1. The number of amides is 4. The number of pyridine rings is 1. The molecule has 2 aliphatic heterocycles. The van der Waals surface area contributed by atoms with E-state index >= 15 is 4.79 Å². The monoisotopic (exact) mass is 905 g/mol. The van der Waals surface area contributed by atoms with Gasteiger partial charge < -0.3 is 29.7 Å². The minimum absolute atomic E-state index is 0.0273. The Morgan fingerprint density at radius 2 is 1.68 bits per heavy atom. The molecule has 4 aliphatic rings. The summed E-state index contributed by atoms with van der Waals surface area (Å²) in [6, 6.07) is 24.0. The Bertz CT molecular complexity index is 2560. The molecule has 4 fully saturated rings. The average molecular weight is 906 g/mol. The molecule has 15 heteroatoms. The molecular weight excluding hydrogens is 847 g/mol. The van der Waals surface area contributed by atoms with Crippen molar-refractivity contribution in [3.8, 4) is 22.8 Å². The SMILES string of the molecule is C=CC1CC1(NC(=O)C1CC(Oc2cc(-c3ccccc3)nc3cc(OC)ccc23)CN1C(=O)C(NC(=O)CC1CCOCC1)C(C)(C)C)C(=O)NS(=O)(=O)C1(Cc2ccccc2)CC1. The van der Waals surface area contributed by atoms with Crippen LogP contribution in [0, 0.1) is 17.3 Å². The smallest absolute Gasteiger partial charge is 0.259 e. The minimum atomic E-state index is -4.17. The largest absolute Gasteiger partial charge is 0.497 e. The van der Waals surface area contributed by atoms with Gasteiger partial charge in [-0.1, -0.05) is 87.5 Å². The molecule has 4 aromatic rings. The Labute approximate surface area is 380 Å². The van der Waals surface area contributed by atoms with Gasteiger partial charge in [0.15, 0.2) is 0 Å². The third-order valence-corrected chi connectivity index (χ3v) is 15.6. The number of hydrogen-bond donors (Lipinski definition) is 3. The van der Waals surface area contributed by atoms with Crippen molar-refractivity contribution in [3.63, 3.8) is 0 Å². The van der Waals surface area contributed by atoms with Crippen LogP contribution in [0.25, 0.3) is 22.2 Å². The number of nitrogens with one attached hydrogen (secondary N) is 3. The lowest BCUT2D eigenvalue weighted by molar-refractivity contribution is -0.144. The fourth-order valence-corrected chi connectivity index (χ4v) is 10.9. The lowest BCUT2D eigenvalue weighted by atomic mass is 9.85. The van der Waals surface area contributed by atoms with Crippen molar-refractivity contribution in [1.82, 2.24) is 25.2 Å². The molecule has 5 unspecified atom stereocenters. The lowest BCUT2D eigenvalue weighted by Gasteiger charge is -2.36. The maximum Gasteiger partial charge on any atom is 0.259 e. The zero-order valence-electron chi connectivity index (χ0n) is 37.5. The molecule has 344 valence electrons. The van der Waals surface area contributed by atoms with E-state index in [1.807, 2.05) is 99.6 Å². The summed E-state index contributed by atoms with van der Waals surface area (Å²) in [5.41, 5.74) is 0.565. The fraction of sp³-hybridized carbons (Fsp3) is 0.460. The van der Waals surface area contributed by atoms with Gasteiger partial charge in [0.2, 0.25) is 27.7 Å². The van der Waals surface area contributed by atoms with Crippen LogP contribution in [0.4, 0.5) is 0 Å². The molecule has 5 atom stereocenters. The van der Waals surface area contributed by atoms with Crippen molar-refractivity contribution < 1.29 is 41.8 Å². The molecule has 3 heterocycles. The fourth-order valence-electron chi connectivity index (χ4n) is 9.27. The van der Waals surface area contributed by atoms with Crippen LogP contribution in [0.2, 0.25) is 0 Å². The molecule has 1 aromatic heterocycles. The van der Waals surface area contributed by atoms with E-state index in [1.54, 1.807) is 13.2 Å². The molecular formula is C50H59N5O9S. The molecule has 8 rings (SSSR count). The van der Waals surface area contributed by atoms with Crippen LogP contribution in [0.5, 0.6) is 11.5 Å². The molecule has 65 heavy (non-hydrogen) atoms. The summed E-state index contributed by atoms with van der Waals surface area (Å²) in [5.74, 6) is -1.61. The second kappa shape index (κ2) is 18.2. The third-order valence-electron chi connectivity index (χ3n) is 13.4. The lowest BCUT2D eigenvalue weighted by Crippen LogP contribution is -2.60. The number of carbonyl (C=O) groups excluding carboxylic acids is 4. The van der Waals surface area contributed by atoms with Gasteiger partial charge in [0, 0.05) is 55.1 Å². The predicted octanol–water partition coefficient (Wildman–Crippen LogP) is 5.89. The molecule has 3 aromatic carbocycles. The maximum absolute atomic E-state index is 15.0. The normalized spacial score (nSPS) is 23.2. The zero-order valence-corrected chi connectivity index (χ0v) is 38.3. The number of nitrogens with zero attached hydrogens (tertiary/aromatic N) is 2. The Balaban J connectivity index is 1.09.